The van der Waals surface area contributed by atoms with Gasteiger partial charge in [0, 0.05) is 26.7 Å². The number of carbonyl (C=O) groups excluding carboxylic acids is 1. The molecule has 1 saturated heterocycles. The van der Waals surface area contributed by atoms with Gasteiger partial charge in [-0.15, -0.1) is 0 Å². The van der Waals surface area contributed by atoms with Gasteiger partial charge in [-0.3, -0.25) is 4.79 Å². The van der Waals surface area contributed by atoms with Gasteiger partial charge >= 0.3 is 12.1 Å². The number of hydrogen-bond donors (Lipinski definition) is 2. The van der Waals surface area contributed by atoms with Crippen molar-refractivity contribution in [3.63, 3.8) is 0 Å². The Morgan fingerprint density at radius 1 is 1.49 bits per heavy atom. The quantitative estimate of drug-likeness (QED) is 0.157. The van der Waals surface area contributed by atoms with Crippen molar-refractivity contribution < 1.29 is 32.5 Å². The molecule has 0 aromatic carbocycles. The molecule has 37 heavy (non-hydrogen) atoms. The summed E-state index contributed by atoms with van der Waals surface area (Å²) in [6.07, 6.45) is 0.409. The Morgan fingerprint density at radius 3 is 2.89 bits per heavy atom. The molecule has 10 nitrogen and oxygen atoms in total. The molecule has 1 amide bonds. The van der Waals surface area contributed by atoms with Crippen LogP contribution in [-0.2, 0) is 14.3 Å². The Morgan fingerprint density at radius 2 is 2.24 bits per heavy atom. The molecule has 1 aliphatic rings. The zero-order chi connectivity index (χ0) is 27.2. The maximum absolute atomic E-state index is 12.5. The van der Waals surface area contributed by atoms with Gasteiger partial charge in [-0.25, -0.2) is 15.0 Å². The predicted molar refractivity (Wildman–Crippen MR) is 136 cm³/mol. The minimum atomic E-state index is -4.99. The first-order valence-electron chi connectivity index (χ1n) is 11.1. The van der Waals surface area contributed by atoms with Crippen molar-refractivity contribution in [2.45, 2.75) is 43.4 Å². The first-order chi connectivity index (χ1) is 17.5. The van der Waals surface area contributed by atoms with Crippen LogP contribution in [0.2, 0.25) is 0 Å². The Kier molecular flexibility index (Phi) is 10.1. The molecule has 15 heteroatoms. The van der Waals surface area contributed by atoms with E-state index in [1.54, 1.807) is 63.0 Å². The van der Waals surface area contributed by atoms with Gasteiger partial charge in [0.25, 0.3) is 0 Å². The minimum Gasteiger partial charge on any atom is -0.394 e. The summed E-state index contributed by atoms with van der Waals surface area (Å²) < 4.78 is 51.2. The molecule has 3 rings (SSSR count). The lowest BCUT2D eigenvalue weighted by molar-refractivity contribution is -0.173. The van der Waals surface area contributed by atoms with E-state index in [0.29, 0.717) is 28.8 Å². The van der Waals surface area contributed by atoms with Crippen LogP contribution < -0.4 is 5.32 Å². The van der Waals surface area contributed by atoms with Gasteiger partial charge < -0.3 is 29.4 Å². The number of halogens is 3. The number of hydrogen-bond acceptors (Lipinski definition) is 9. The van der Waals surface area contributed by atoms with E-state index in [0.717, 1.165) is 0 Å². The number of aromatic nitrogens is 3. The van der Waals surface area contributed by atoms with Gasteiger partial charge in [0.2, 0.25) is 0 Å². The zero-order valence-corrected chi connectivity index (χ0v) is 22.2. The summed E-state index contributed by atoms with van der Waals surface area (Å²) in [4.78, 5) is 25.8. The smallest absolute Gasteiger partial charge is 0.394 e. The number of fused-ring (bicyclic) bond motifs is 1. The van der Waals surface area contributed by atoms with E-state index in [-0.39, 0.29) is 18.1 Å². The molecule has 0 bridgehead atoms. The number of ether oxygens (including phenoxy) is 2. The average molecular weight is 561 g/mol. The third-order valence-corrected chi connectivity index (χ3v) is 7.05. The van der Waals surface area contributed by atoms with Crippen molar-refractivity contribution in [2.75, 3.05) is 33.5 Å². The lowest BCUT2D eigenvalue weighted by Crippen LogP contribution is -2.36. The SMILES string of the molecule is CSS[C@H](C)OC1C[C@H](n2cc(C#CCNC(=O)C(F)(F)F)c3c(/N=C/N(C)C)ncnc32)O[C@@H]1CO. The Labute approximate surface area is 219 Å². The standard InChI is InChI=1S/C22H27F3N6O4S2/c1-13(37-36-4)34-15-8-17(35-16(15)10-32)31-9-14(6-5-7-26-21(33)22(23,24)25)18-19(29-12-30(2)3)27-11-28-20(18)31/h9,11-13,15-17,32H,7-8,10H2,1-4H3,(H,26,33)/b29-12+/t13-,15?,16-,17-/m1/s1. The molecule has 0 spiro atoms. The summed E-state index contributed by atoms with van der Waals surface area (Å²) in [5.41, 5.74) is 0.710. The molecular weight excluding hydrogens is 533 g/mol. The number of alkyl halides is 3. The fourth-order valence-electron chi connectivity index (χ4n) is 3.60. The molecule has 1 unspecified atom stereocenters. The van der Waals surface area contributed by atoms with Crippen LogP contribution in [0.1, 0.15) is 25.1 Å². The number of rotatable bonds is 9. The molecular formula is C22H27F3N6O4S2. The Hall–Kier alpha value is -2.51. The van der Waals surface area contributed by atoms with Crippen molar-refractivity contribution in [3.8, 4) is 11.8 Å². The highest BCUT2D eigenvalue weighted by Gasteiger charge is 2.39. The first-order valence-corrected chi connectivity index (χ1v) is 13.7. The van der Waals surface area contributed by atoms with E-state index < -0.39 is 31.0 Å². The lowest BCUT2D eigenvalue weighted by atomic mass is 10.2. The van der Waals surface area contributed by atoms with Gasteiger partial charge in [-0.2, -0.15) is 13.2 Å². The van der Waals surface area contributed by atoms with Crippen LogP contribution in [-0.4, -0.2) is 94.1 Å². The number of aliphatic hydroxyl groups excluding tert-OH is 1. The number of aliphatic imine (C=N–C) groups is 1. The second kappa shape index (κ2) is 12.8. The monoisotopic (exact) mass is 560 g/mol. The number of amides is 1. The highest BCUT2D eigenvalue weighted by molar-refractivity contribution is 8.76. The van der Waals surface area contributed by atoms with Gasteiger partial charge in [0.1, 0.15) is 29.7 Å². The van der Waals surface area contributed by atoms with Crippen molar-refractivity contribution in [2.24, 2.45) is 4.99 Å². The summed E-state index contributed by atoms with van der Waals surface area (Å²) >= 11 is 0. The second-order valence-electron chi connectivity index (χ2n) is 8.09. The molecule has 0 aliphatic carbocycles. The van der Waals surface area contributed by atoms with E-state index in [4.69, 9.17) is 9.47 Å². The van der Waals surface area contributed by atoms with Crippen LogP contribution in [0.25, 0.3) is 11.0 Å². The maximum Gasteiger partial charge on any atom is 0.471 e. The topological polar surface area (TPSA) is 114 Å². The lowest BCUT2D eigenvalue weighted by Gasteiger charge is -2.20. The van der Waals surface area contributed by atoms with Crippen LogP contribution in [0.4, 0.5) is 19.0 Å². The van der Waals surface area contributed by atoms with E-state index in [1.807, 2.05) is 13.2 Å². The molecule has 2 aromatic heterocycles. The van der Waals surface area contributed by atoms with Crippen molar-refractivity contribution in [1.29, 1.82) is 0 Å². The van der Waals surface area contributed by atoms with Crippen LogP contribution in [0.3, 0.4) is 0 Å². The molecule has 0 radical (unpaired) electrons. The largest absolute Gasteiger partial charge is 0.471 e. The van der Waals surface area contributed by atoms with Gasteiger partial charge in [-0.05, 0) is 13.2 Å². The summed E-state index contributed by atoms with van der Waals surface area (Å²) in [6, 6.07) is 0. The zero-order valence-electron chi connectivity index (χ0n) is 20.5. The molecule has 1 aliphatic heterocycles. The predicted octanol–water partition coefficient (Wildman–Crippen LogP) is 2.70. The third-order valence-electron chi connectivity index (χ3n) is 5.09. The van der Waals surface area contributed by atoms with E-state index in [9.17, 15) is 23.1 Å². The minimum absolute atomic E-state index is 0.125. The summed E-state index contributed by atoms with van der Waals surface area (Å²) in [5.74, 6) is 3.56. The van der Waals surface area contributed by atoms with Crippen molar-refractivity contribution in [1.82, 2.24) is 24.8 Å². The van der Waals surface area contributed by atoms with Crippen LogP contribution in [0, 0.1) is 11.8 Å². The fraction of sp³-hybridized carbons (Fsp3) is 0.545. The van der Waals surface area contributed by atoms with Crippen molar-refractivity contribution >= 4 is 50.7 Å². The van der Waals surface area contributed by atoms with Gasteiger partial charge in [0.05, 0.1) is 36.5 Å². The van der Waals surface area contributed by atoms with Gasteiger partial charge in [-0.1, -0.05) is 33.4 Å². The highest BCUT2D eigenvalue weighted by Crippen LogP contribution is 2.38. The summed E-state index contributed by atoms with van der Waals surface area (Å²) in [6.45, 7) is 1.17. The molecule has 2 aromatic rings. The molecule has 3 heterocycles. The highest BCUT2D eigenvalue weighted by atomic mass is 33.1. The van der Waals surface area contributed by atoms with Gasteiger partial charge in [0.15, 0.2) is 5.82 Å². The van der Waals surface area contributed by atoms with E-state index in [1.165, 1.54) is 6.33 Å². The van der Waals surface area contributed by atoms with E-state index in [2.05, 4.69) is 26.8 Å². The van der Waals surface area contributed by atoms with Crippen LogP contribution >= 0.6 is 21.6 Å². The number of nitrogens with one attached hydrogen (secondary N) is 1. The number of carbonyl (C=O) groups is 1. The molecule has 202 valence electrons. The molecule has 4 atom stereocenters. The Balaban J connectivity index is 1.96. The Bertz CT molecular complexity index is 1180. The summed E-state index contributed by atoms with van der Waals surface area (Å²) in [7, 11) is 6.69. The maximum atomic E-state index is 12.5. The normalized spacial score (nSPS) is 20.7. The molecule has 0 saturated carbocycles. The van der Waals surface area contributed by atoms with Crippen LogP contribution in [0.5, 0.6) is 0 Å². The third kappa shape index (κ3) is 7.51. The fourth-order valence-corrected chi connectivity index (χ4v) is 5.01. The second-order valence-corrected chi connectivity index (χ2v) is 10.9. The van der Waals surface area contributed by atoms with Crippen LogP contribution in [0.15, 0.2) is 17.5 Å². The number of nitrogens with zero attached hydrogens (tertiary/aromatic N) is 5. The number of aliphatic hydroxyl groups is 1. The first kappa shape index (κ1) is 29.1. The summed E-state index contributed by atoms with van der Waals surface area (Å²) in [5, 5.41) is 12.0. The van der Waals surface area contributed by atoms with E-state index >= 15 is 0 Å². The molecule has 1 fully saturated rings. The average Bonchev–Trinajstić information content (AvgIpc) is 3.41. The molecule has 2 N–H and O–H groups in total. The van der Waals surface area contributed by atoms with Crippen molar-refractivity contribution in [3.05, 3.63) is 18.1 Å².